The van der Waals surface area contributed by atoms with Gasteiger partial charge in [0.1, 0.15) is 0 Å². The molecule has 0 aromatic heterocycles. The Hall–Kier alpha value is -0.220. The highest BCUT2D eigenvalue weighted by molar-refractivity contribution is 7.99. The maximum absolute atomic E-state index is 11.6. The van der Waals surface area contributed by atoms with Gasteiger partial charge in [-0.05, 0) is 13.2 Å². The molecular weight excluding hydrogens is 174 g/mol. The molecule has 3 nitrogen and oxygen atoms in total. The Kier molecular flexibility index (Phi) is 3.88. The summed E-state index contributed by atoms with van der Waals surface area (Å²) in [4.78, 5) is 13.5. The van der Waals surface area contributed by atoms with Gasteiger partial charge in [-0.2, -0.15) is 11.8 Å². The molecule has 12 heavy (non-hydrogen) atoms. The average molecular weight is 189 g/mol. The summed E-state index contributed by atoms with van der Waals surface area (Å²) in [5.74, 6) is 0.241. The minimum atomic E-state index is 0.0862. The Morgan fingerprint density at radius 1 is 1.50 bits per heavy atom. The average Bonchev–Trinajstić information content (AvgIpc) is 2.17. The fourth-order valence-corrected chi connectivity index (χ4v) is 1.49. The van der Waals surface area contributed by atoms with Gasteiger partial charge >= 0.3 is 0 Å². The van der Waals surface area contributed by atoms with E-state index in [9.17, 15) is 4.79 Å². The second-order valence-electron chi connectivity index (χ2n) is 2.82. The molecule has 1 aliphatic rings. The highest BCUT2D eigenvalue weighted by Crippen LogP contribution is 2.10. The lowest BCUT2D eigenvalue weighted by Gasteiger charge is -2.28. The molecule has 0 spiro atoms. The second-order valence-corrected chi connectivity index (χ2v) is 3.99. The third-order valence-corrected chi connectivity index (χ3v) is 2.93. The van der Waals surface area contributed by atoms with Crippen molar-refractivity contribution < 1.29 is 9.53 Å². The van der Waals surface area contributed by atoms with E-state index in [0.29, 0.717) is 13.2 Å². The molecule has 1 saturated heterocycles. The quantitative estimate of drug-likeness (QED) is 0.637. The fraction of sp³-hybridized carbons (Fsp3) is 0.875. The van der Waals surface area contributed by atoms with Crippen LogP contribution in [-0.4, -0.2) is 48.6 Å². The Morgan fingerprint density at radius 2 is 2.08 bits per heavy atom. The Labute approximate surface area is 77.4 Å². The topological polar surface area (TPSA) is 29.5 Å². The van der Waals surface area contributed by atoms with Crippen LogP contribution in [0.3, 0.4) is 0 Å². The molecule has 1 aliphatic heterocycles. The number of morpholine rings is 1. The van der Waals surface area contributed by atoms with Gasteiger partial charge in [0.15, 0.2) is 0 Å². The molecule has 0 radical (unpaired) electrons. The summed E-state index contributed by atoms with van der Waals surface area (Å²) in [6.45, 7) is 4.83. The summed E-state index contributed by atoms with van der Waals surface area (Å²) in [5.41, 5.74) is 0. The zero-order valence-electron chi connectivity index (χ0n) is 7.58. The molecule has 0 saturated carbocycles. The smallest absolute Gasteiger partial charge is 0.235 e. The zero-order valence-corrected chi connectivity index (χ0v) is 8.39. The third kappa shape index (κ3) is 2.38. The molecule has 4 heteroatoms. The Morgan fingerprint density at radius 3 is 2.58 bits per heavy atom. The molecule has 70 valence electrons. The molecule has 1 heterocycles. The summed E-state index contributed by atoms with van der Waals surface area (Å²) < 4.78 is 5.16. The fourth-order valence-electron chi connectivity index (χ4n) is 1.14. The van der Waals surface area contributed by atoms with Gasteiger partial charge in [0.25, 0.3) is 0 Å². The van der Waals surface area contributed by atoms with Crippen LogP contribution in [-0.2, 0) is 9.53 Å². The number of hydrogen-bond donors (Lipinski definition) is 0. The number of carbonyl (C=O) groups excluding carboxylic acids is 1. The van der Waals surface area contributed by atoms with E-state index in [1.54, 1.807) is 11.8 Å². The zero-order chi connectivity index (χ0) is 8.97. The number of thioether (sulfide) groups is 1. The number of ether oxygens (including phenoxy) is 1. The van der Waals surface area contributed by atoms with Gasteiger partial charge < -0.3 is 9.64 Å². The van der Waals surface area contributed by atoms with Crippen LogP contribution >= 0.6 is 11.8 Å². The van der Waals surface area contributed by atoms with Gasteiger partial charge in [-0.25, -0.2) is 0 Å². The van der Waals surface area contributed by atoms with Gasteiger partial charge in [-0.15, -0.1) is 0 Å². The second kappa shape index (κ2) is 4.72. The van der Waals surface area contributed by atoms with E-state index >= 15 is 0 Å². The number of carbonyl (C=O) groups is 1. The van der Waals surface area contributed by atoms with Crippen molar-refractivity contribution in [2.45, 2.75) is 12.2 Å². The van der Waals surface area contributed by atoms with Crippen molar-refractivity contribution in [3.05, 3.63) is 0 Å². The number of amides is 1. The molecule has 0 N–H and O–H groups in total. The Bertz CT molecular complexity index is 157. The summed E-state index contributed by atoms with van der Waals surface area (Å²) in [5, 5.41) is 0.0862. The first-order valence-corrected chi connectivity index (χ1v) is 5.44. The molecule has 0 aromatic rings. The van der Waals surface area contributed by atoms with Gasteiger partial charge in [0, 0.05) is 13.1 Å². The predicted molar refractivity (Wildman–Crippen MR) is 50.4 cm³/mol. The maximum Gasteiger partial charge on any atom is 0.235 e. The van der Waals surface area contributed by atoms with Crippen LogP contribution in [0.2, 0.25) is 0 Å². The predicted octanol–water partition coefficient (Wildman–Crippen LogP) is 0.597. The number of rotatable bonds is 2. The van der Waals surface area contributed by atoms with Crippen molar-refractivity contribution in [3.63, 3.8) is 0 Å². The van der Waals surface area contributed by atoms with Crippen LogP contribution in [0.5, 0.6) is 0 Å². The first-order chi connectivity index (χ1) is 5.75. The molecule has 1 fully saturated rings. The van der Waals surface area contributed by atoms with E-state index in [1.807, 2.05) is 18.1 Å². The minimum Gasteiger partial charge on any atom is -0.378 e. The van der Waals surface area contributed by atoms with E-state index < -0.39 is 0 Å². The first-order valence-electron chi connectivity index (χ1n) is 4.15. The maximum atomic E-state index is 11.6. The van der Waals surface area contributed by atoms with Crippen LogP contribution < -0.4 is 0 Å². The van der Waals surface area contributed by atoms with Crippen molar-refractivity contribution in [3.8, 4) is 0 Å². The lowest BCUT2D eigenvalue weighted by atomic mass is 10.3. The molecule has 1 unspecified atom stereocenters. The molecule has 0 bridgehead atoms. The summed E-state index contributed by atoms with van der Waals surface area (Å²) >= 11 is 1.59. The molecule has 0 aliphatic carbocycles. The van der Waals surface area contributed by atoms with Crippen LogP contribution in [0.25, 0.3) is 0 Å². The summed E-state index contributed by atoms with van der Waals surface area (Å²) in [6, 6.07) is 0. The van der Waals surface area contributed by atoms with Crippen molar-refractivity contribution in [1.29, 1.82) is 0 Å². The Balaban J connectivity index is 2.39. The van der Waals surface area contributed by atoms with Crippen molar-refractivity contribution in [2.75, 3.05) is 32.6 Å². The van der Waals surface area contributed by atoms with Crippen molar-refractivity contribution in [2.24, 2.45) is 0 Å². The molecule has 1 amide bonds. The van der Waals surface area contributed by atoms with Gasteiger partial charge in [-0.1, -0.05) is 0 Å². The standard InChI is InChI=1S/C8H15NO2S/c1-7(12-2)8(10)9-3-5-11-6-4-9/h7H,3-6H2,1-2H3. The van der Waals surface area contributed by atoms with Crippen LogP contribution in [0, 0.1) is 0 Å². The normalized spacial score (nSPS) is 20.7. The summed E-state index contributed by atoms with van der Waals surface area (Å²) in [6.07, 6.45) is 1.96. The monoisotopic (exact) mass is 189 g/mol. The van der Waals surface area contributed by atoms with Crippen molar-refractivity contribution in [1.82, 2.24) is 4.90 Å². The number of nitrogens with zero attached hydrogens (tertiary/aromatic N) is 1. The first kappa shape index (κ1) is 9.86. The third-order valence-electron chi connectivity index (χ3n) is 2.02. The van der Waals surface area contributed by atoms with Crippen LogP contribution in [0.15, 0.2) is 0 Å². The lowest BCUT2D eigenvalue weighted by Crippen LogP contribution is -2.44. The highest BCUT2D eigenvalue weighted by Gasteiger charge is 2.21. The number of hydrogen-bond acceptors (Lipinski definition) is 3. The highest BCUT2D eigenvalue weighted by atomic mass is 32.2. The lowest BCUT2D eigenvalue weighted by molar-refractivity contribution is -0.134. The van der Waals surface area contributed by atoms with E-state index in [1.165, 1.54) is 0 Å². The SMILES string of the molecule is CSC(C)C(=O)N1CCOCC1. The molecular formula is C8H15NO2S. The molecule has 0 aromatic carbocycles. The van der Waals surface area contributed by atoms with E-state index in [0.717, 1.165) is 13.1 Å². The van der Waals surface area contributed by atoms with Gasteiger partial charge in [-0.3, -0.25) is 4.79 Å². The molecule has 1 atom stereocenters. The molecule has 1 rings (SSSR count). The van der Waals surface area contributed by atoms with E-state index in [-0.39, 0.29) is 11.2 Å². The van der Waals surface area contributed by atoms with Crippen LogP contribution in [0.4, 0.5) is 0 Å². The van der Waals surface area contributed by atoms with Crippen molar-refractivity contribution >= 4 is 17.7 Å². The van der Waals surface area contributed by atoms with E-state index in [4.69, 9.17) is 4.74 Å². The minimum absolute atomic E-state index is 0.0862. The largest absolute Gasteiger partial charge is 0.378 e. The van der Waals surface area contributed by atoms with E-state index in [2.05, 4.69) is 0 Å². The van der Waals surface area contributed by atoms with Gasteiger partial charge in [0.2, 0.25) is 5.91 Å². The summed E-state index contributed by atoms with van der Waals surface area (Å²) in [7, 11) is 0. The van der Waals surface area contributed by atoms with Gasteiger partial charge in [0.05, 0.1) is 18.5 Å². The van der Waals surface area contributed by atoms with Crippen LogP contribution in [0.1, 0.15) is 6.92 Å².